The highest BCUT2D eigenvalue weighted by Crippen LogP contribution is 2.34. The van der Waals surface area contributed by atoms with Gasteiger partial charge >= 0.3 is 6.09 Å². The molecule has 168 valence electrons. The van der Waals surface area contributed by atoms with Crippen molar-refractivity contribution in [2.24, 2.45) is 5.92 Å². The van der Waals surface area contributed by atoms with Gasteiger partial charge in [-0.15, -0.1) is 15.3 Å². The highest BCUT2D eigenvalue weighted by Gasteiger charge is 2.26. The van der Waals surface area contributed by atoms with Crippen LogP contribution in [-0.2, 0) is 10.5 Å². The van der Waals surface area contributed by atoms with Gasteiger partial charge in [-0.2, -0.15) is 4.52 Å². The van der Waals surface area contributed by atoms with Gasteiger partial charge in [-0.1, -0.05) is 66.2 Å². The van der Waals surface area contributed by atoms with Crippen molar-refractivity contribution in [3.63, 3.8) is 0 Å². The molecule has 0 saturated heterocycles. The van der Waals surface area contributed by atoms with Gasteiger partial charge in [0.15, 0.2) is 10.2 Å². The third kappa shape index (κ3) is 6.47. The molecular weight excluding hydrogens is 477 g/mol. The zero-order valence-electron chi connectivity index (χ0n) is 18.0. The van der Waals surface area contributed by atoms with Crippen molar-refractivity contribution in [3.05, 3.63) is 39.6 Å². The van der Waals surface area contributed by atoms with E-state index < -0.39 is 11.7 Å². The molecule has 1 N–H and O–H groups in total. The van der Waals surface area contributed by atoms with Crippen molar-refractivity contribution in [3.8, 4) is 0 Å². The van der Waals surface area contributed by atoms with Gasteiger partial charge in [0.1, 0.15) is 5.60 Å². The van der Waals surface area contributed by atoms with Crippen LogP contribution in [0.3, 0.4) is 0 Å². The molecule has 2 heterocycles. The van der Waals surface area contributed by atoms with Crippen LogP contribution in [0.4, 0.5) is 4.79 Å². The molecule has 1 unspecified atom stereocenters. The Hall–Kier alpha value is -1.55. The van der Waals surface area contributed by atoms with E-state index >= 15 is 0 Å². The van der Waals surface area contributed by atoms with E-state index in [0.29, 0.717) is 38.9 Å². The normalized spacial score (nSPS) is 13.0. The maximum Gasteiger partial charge on any atom is 0.408 e. The first-order chi connectivity index (χ1) is 14.5. The molecular formula is C20H25Cl2N5O2S2. The van der Waals surface area contributed by atoms with Crippen LogP contribution in [0.5, 0.6) is 0 Å². The third-order valence-electron chi connectivity index (χ3n) is 4.11. The summed E-state index contributed by atoms with van der Waals surface area (Å²) >= 11 is 15.5. The van der Waals surface area contributed by atoms with Crippen molar-refractivity contribution < 1.29 is 9.53 Å². The van der Waals surface area contributed by atoms with Gasteiger partial charge in [0.2, 0.25) is 4.96 Å². The lowest BCUT2D eigenvalue weighted by Gasteiger charge is -2.23. The maximum absolute atomic E-state index is 12.4. The molecule has 3 aromatic rings. The monoisotopic (exact) mass is 501 g/mol. The quantitative estimate of drug-likeness (QED) is 0.377. The van der Waals surface area contributed by atoms with E-state index in [4.69, 9.17) is 27.9 Å². The summed E-state index contributed by atoms with van der Waals surface area (Å²) in [6, 6.07) is 5.08. The van der Waals surface area contributed by atoms with E-state index in [0.717, 1.165) is 9.90 Å². The number of hydrogen-bond donors (Lipinski definition) is 1. The zero-order valence-corrected chi connectivity index (χ0v) is 21.1. The van der Waals surface area contributed by atoms with Crippen LogP contribution in [0.1, 0.15) is 58.5 Å². The van der Waals surface area contributed by atoms with Crippen LogP contribution < -0.4 is 5.32 Å². The Morgan fingerprint density at radius 3 is 2.55 bits per heavy atom. The first-order valence-corrected chi connectivity index (χ1v) is 12.4. The third-order valence-corrected chi connectivity index (χ3v) is 6.87. The first kappa shape index (κ1) is 24.1. The van der Waals surface area contributed by atoms with Crippen LogP contribution in [0.2, 0.25) is 10.0 Å². The summed E-state index contributed by atoms with van der Waals surface area (Å²) in [6.45, 7) is 9.65. The highest BCUT2D eigenvalue weighted by atomic mass is 35.5. The molecule has 0 bridgehead atoms. The Morgan fingerprint density at radius 2 is 1.94 bits per heavy atom. The van der Waals surface area contributed by atoms with Gasteiger partial charge in [0.05, 0.1) is 6.04 Å². The minimum Gasteiger partial charge on any atom is -0.444 e. The van der Waals surface area contributed by atoms with E-state index in [1.54, 1.807) is 4.52 Å². The van der Waals surface area contributed by atoms with Crippen LogP contribution in [0.15, 0.2) is 22.5 Å². The van der Waals surface area contributed by atoms with Crippen molar-refractivity contribution in [1.82, 2.24) is 25.1 Å². The van der Waals surface area contributed by atoms with Gasteiger partial charge in [0, 0.05) is 15.8 Å². The molecule has 0 radical (unpaired) electrons. The molecule has 11 heteroatoms. The molecule has 0 aliphatic rings. The molecule has 0 spiro atoms. The average Bonchev–Trinajstić information content (AvgIpc) is 3.18. The van der Waals surface area contributed by atoms with Gasteiger partial charge < -0.3 is 10.1 Å². The Labute approximate surface area is 199 Å². The number of amides is 1. The van der Waals surface area contributed by atoms with Crippen molar-refractivity contribution in [1.29, 1.82) is 0 Å². The molecule has 1 amide bonds. The highest BCUT2D eigenvalue weighted by molar-refractivity contribution is 8.00. The number of thioether (sulfide) groups is 1. The smallest absolute Gasteiger partial charge is 0.408 e. The number of ether oxygens (including phenoxy) is 1. The van der Waals surface area contributed by atoms with Gasteiger partial charge in [0.25, 0.3) is 0 Å². The number of halogens is 2. The van der Waals surface area contributed by atoms with Gasteiger partial charge in [-0.3, -0.25) is 0 Å². The molecule has 0 aliphatic carbocycles. The molecule has 31 heavy (non-hydrogen) atoms. The molecule has 0 saturated carbocycles. The van der Waals surface area contributed by atoms with Gasteiger partial charge in [-0.05, 0) is 50.8 Å². The molecule has 0 aliphatic heterocycles. The number of nitrogens with one attached hydrogen (secondary N) is 1. The van der Waals surface area contributed by atoms with E-state index in [1.165, 1.54) is 23.1 Å². The fourth-order valence-electron chi connectivity index (χ4n) is 2.84. The molecule has 2 aromatic heterocycles. The summed E-state index contributed by atoms with van der Waals surface area (Å²) in [5, 5.41) is 17.4. The minimum absolute atomic E-state index is 0.321. The zero-order chi connectivity index (χ0) is 22.8. The van der Waals surface area contributed by atoms with Crippen LogP contribution in [0.25, 0.3) is 4.96 Å². The largest absolute Gasteiger partial charge is 0.444 e. The predicted octanol–water partition coefficient (Wildman–Crippen LogP) is 6.40. The van der Waals surface area contributed by atoms with Crippen molar-refractivity contribution in [2.45, 2.75) is 62.8 Å². The lowest BCUT2D eigenvalue weighted by atomic mass is 10.0. The number of benzene rings is 1. The summed E-state index contributed by atoms with van der Waals surface area (Å²) in [7, 11) is 0. The number of hydrogen-bond acceptors (Lipinski definition) is 7. The Morgan fingerprint density at radius 1 is 1.26 bits per heavy atom. The Bertz CT molecular complexity index is 1040. The molecule has 0 fully saturated rings. The summed E-state index contributed by atoms with van der Waals surface area (Å²) in [4.78, 5) is 13.0. The fourth-order valence-corrected chi connectivity index (χ4v) is 5.47. The van der Waals surface area contributed by atoms with E-state index in [2.05, 4.69) is 34.5 Å². The van der Waals surface area contributed by atoms with Crippen molar-refractivity contribution >= 4 is 57.4 Å². The Kier molecular flexibility index (Phi) is 7.72. The Balaban J connectivity index is 1.80. The topological polar surface area (TPSA) is 81.4 Å². The maximum atomic E-state index is 12.4. The molecule has 7 nitrogen and oxygen atoms in total. The second-order valence-electron chi connectivity index (χ2n) is 8.44. The number of nitrogens with zero attached hydrogens (tertiary/aromatic N) is 4. The summed E-state index contributed by atoms with van der Waals surface area (Å²) in [6.07, 6.45) is 0.183. The van der Waals surface area contributed by atoms with E-state index in [1.807, 2.05) is 39.0 Å². The number of carbonyl (C=O) groups is 1. The number of alkyl carbamates (subject to hydrolysis) is 1. The number of rotatable bonds is 7. The standard InChI is InChI=1S/C20H25Cl2N5O2S2/c1-11(2)9-15(23-18(28)29-20(3,4)5)16-24-25-17-27(16)26-19(31-17)30-10-12-13(21)7-6-8-14(12)22/h6-8,11,15H,9-10H2,1-5H3,(H,23,28). The van der Waals surface area contributed by atoms with Crippen LogP contribution in [-0.4, -0.2) is 31.5 Å². The lowest BCUT2D eigenvalue weighted by Crippen LogP contribution is -2.36. The predicted molar refractivity (Wildman–Crippen MR) is 126 cm³/mol. The molecule has 1 aromatic carbocycles. The SMILES string of the molecule is CC(C)CC(NC(=O)OC(C)(C)C)c1nnc2sc(SCc3c(Cl)cccc3Cl)nn12. The number of fused-ring (bicyclic) bond motifs is 1. The summed E-state index contributed by atoms with van der Waals surface area (Å²) in [5.74, 6) is 1.49. The van der Waals surface area contributed by atoms with Gasteiger partial charge in [-0.25, -0.2) is 4.79 Å². The number of carbonyl (C=O) groups excluding carboxylic acids is 1. The second-order valence-corrected chi connectivity index (χ2v) is 11.4. The summed E-state index contributed by atoms with van der Waals surface area (Å²) in [5.41, 5.74) is 0.281. The van der Waals surface area contributed by atoms with Crippen LogP contribution in [0, 0.1) is 5.92 Å². The second kappa shape index (κ2) is 9.94. The van der Waals surface area contributed by atoms with Crippen LogP contribution >= 0.6 is 46.3 Å². The fraction of sp³-hybridized carbons (Fsp3) is 0.500. The first-order valence-electron chi connectivity index (χ1n) is 9.81. The lowest BCUT2D eigenvalue weighted by molar-refractivity contribution is 0.0494. The average molecular weight is 502 g/mol. The molecule has 1 atom stereocenters. The van der Waals surface area contributed by atoms with E-state index in [-0.39, 0.29) is 6.04 Å². The molecule has 3 rings (SSSR count). The summed E-state index contributed by atoms with van der Waals surface area (Å²) < 4.78 is 7.91. The van der Waals surface area contributed by atoms with Crippen molar-refractivity contribution in [2.75, 3.05) is 0 Å². The number of aromatic nitrogens is 4. The van der Waals surface area contributed by atoms with E-state index in [9.17, 15) is 4.79 Å². The minimum atomic E-state index is -0.586.